The van der Waals surface area contributed by atoms with Gasteiger partial charge < -0.3 is 5.73 Å². The molecule has 0 radical (unpaired) electrons. The van der Waals surface area contributed by atoms with Crippen LogP contribution in [0.2, 0.25) is 5.02 Å². The number of nitrogens with two attached hydrogens (primary N) is 1. The van der Waals surface area contributed by atoms with Crippen LogP contribution >= 0.6 is 11.6 Å². The van der Waals surface area contributed by atoms with Crippen molar-refractivity contribution in [1.29, 1.82) is 0 Å². The Balaban J connectivity index is 1.85. The standard InChI is InChI=1S/C25H19ClF4N6O3S/c1-35-22-18(6-3-14(26)19(22)23(33-35)34-40(2,38)39)36-24(17(31)9-11-7-12(27)10-13(28)8-11)32-21-16(30)5-4-15(29)20(21)25(36)37/h3-8,10,17H,9,31H2,1-2H3,(H,33,34). The van der Waals surface area contributed by atoms with E-state index < -0.39 is 55.8 Å². The lowest BCUT2D eigenvalue weighted by Gasteiger charge is -2.20. The van der Waals surface area contributed by atoms with Gasteiger partial charge in [0.15, 0.2) is 5.82 Å². The van der Waals surface area contributed by atoms with Crippen molar-refractivity contribution in [3.63, 3.8) is 0 Å². The van der Waals surface area contributed by atoms with E-state index in [0.717, 1.165) is 35.1 Å². The number of nitrogens with zero attached hydrogens (tertiary/aromatic N) is 4. The predicted octanol–water partition coefficient (Wildman–Crippen LogP) is 4.10. The largest absolute Gasteiger partial charge is 0.321 e. The van der Waals surface area contributed by atoms with E-state index >= 15 is 0 Å². The fourth-order valence-electron chi connectivity index (χ4n) is 4.58. The van der Waals surface area contributed by atoms with Crippen molar-refractivity contribution in [1.82, 2.24) is 19.3 Å². The Hall–Kier alpha value is -4.01. The van der Waals surface area contributed by atoms with Crippen LogP contribution in [-0.2, 0) is 23.5 Å². The van der Waals surface area contributed by atoms with E-state index in [1.54, 1.807) is 0 Å². The van der Waals surface area contributed by atoms with Crippen LogP contribution in [-0.4, -0.2) is 34.0 Å². The molecule has 5 rings (SSSR count). The first-order valence-electron chi connectivity index (χ1n) is 11.5. The summed E-state index contributed by atoms with van der Waals surface area (Å²) in [6, 6.07) is 5.80. The first-order valence-corrected chi connectivity index (χ1v) is 13.8. The van der Waals surface area contributed by atoms with Gasteiger partial charge in [-0.2, -0.15) is 5.10 Å². The van der Waals surface area contributed by atoms with Gasteiger partial charge in [0.25, 0.3) is 5.56 Å². The predicted molar refractivity (Wildman–Crippen MR) is 142 cm³/mol. The number of benzene rings is 3. The van der Waals surface area contributed by atoms with E-state index in [9.17, 15) is 30.8 Å². The first-order chi connectivity index (χ1) is 18.7. The molecule has 0 fully saturated rings. The lowest BCUT2D eigenvalue weighted by molar-refractivity contribution is 0.571. The fraction of sp³-hybridized carbons (Fsp3) is 0.160. The van der Waals surface area contributed by atoms with Crippen LogP contribution in [0.3, 0.4) is 0 Å². The Labute approximate surface area is 228 Å². The minimum absolute atomic E-state index is 0.00915. The van der Waals surface area contributed by atoms with Gasteiger partial charge in [-0.05, 0) is 48.4 Å². The van der Waals surface area contributed by atoms with Gasteiger partial charge in [0.1, 0.15) is 40.0 Å². The molecule has 0 bridgehead atoms. The quantitative estimate of drug-likeness (QED) is 0.285. The Morgan fingerprint density at radius 3 is 2.33 bits per heavy atom. The molecule has 0 aliphatic rings. The van der Waals surface area contributed by atoms with Crippen LogP contribution in [0.25, 0.3) is 27.5 Å². The monoisotopic (exact) mass is 594 g/mol. The minimum Gasteiger partial charge on any atom is -0.321 e. The highest BCUT2D eigenvalue weighted by Gasteiger charge is 2.26. The zero-order chi connectivity index (χ0) is 29.1. The summed E-state index contributed by atoms with van der Waals surface area (Å²) in [6.07, 6.45) is 0.666. The Bertz CT molecular complexity index is 1990. The molecule has 40 heavy (non-hydrogen) atoms. The van der Waals surface area contributed by atoms with Crippen LogP contribution in [0.1, 0.15) is 17.4 Å². The molecule has 15 heteroatoms. The fourth-order valence-corrected chi connectivity index (χ4v) is 5.31. The van der Waals surface area contributed by atoms with Gasteiger partial charge in [0.05, 0.1) is 33.9 Å². The third-order valence-electron chi connectivity index (χ3n) is 6.10. The molecule has 1 atom stereocenters. The Morgan fingerprint density at radius 1 is 1.02 bits per heavy atom. The summed E-state index contributed by atoms with van der Waals surface area (Å²) < 4.78 is 85.7. The molecule has 0 saturated carbocycles. The van der Waals surface area contributed by atoms with Gasteiger partial charge in [-0.25, -0.2) is 31.0 Å². The van der Waals surface area contributed by atoms with E-state index in [1.165, 1.54) is 23.9 Å². The normalized spacial score (nSPS) is 12.8. The van der Waals surface area contributed by atoms with E-state index in [-0.39, 0.29) is 45.2 Å². The number of sulfonamides is 1. The highest BCUT2D eigenvalue weighted by molar-refractivity contribution is 7.92. The SMILES string of the molecule is Cn1nc(NS(C)(=O)=O)c2c(Cl)ccc(-n3c(C(N)Cc4cc(F)cc(F)c4)nc4c(F)ccc(F)c4c3=O)c21. The van der Waals surface area contributed by atoms with Crippen molar-refractivity contribution in [2.24, 2.45) is 12.8 Å². The molecule has 5 aromatic rings. The van der Waals surface area contributed by atoms with Gasteiger partial charge in [-0.15, -0.1) is 0 Å². The Morgan fingerprint density at radius 2 is 1.68 bits per heavy atom. The maximum Gasteiger partial charge on any atom is 0.269 e. The smallest absolute Gasteiger partial charge is 0.269 e. The van der Waals surface area contributed by atoms with Crippen molar-refractivity contribution in [3.05, 3.63) is 92.5 Å². The molecule has 3 N–H and O–H groups in total. The van der Waals surface area contributed by atoms with E-state index in [2.05, 4.69) is 14.8 Å². The van der Waals surface area contributed by atoms with Gasteiger partial charge in [-0.1, -0.05) is 11.6 Å². The van der Waals surface area contributed by atoms with Crippen molar-refractivity contribution in [3.8, 4) is 5.69 Å². The second-order valence-electron chi connectivity index (χ2n) is 9.09. The molecule has 0 saturated heterocycles. The zero-order valence-electron chi connectivity index (χ0n) is 20.7. The number of aryl methyl sites for hydroxylation is 1. The molecular formula is C25H19ClF4N6O3S. The summed E-state index contributed by atoms with van der Waals surface area (Å²) in [7, 11) is -2.35. The van der Waals surface area contributed by atoms with E-state index in [1.807, 2.05) is 0 Å². The van der Waals surface area contributed by atoms with Crippen molar-refractivity contribution in [2.75, 3.05) is 11.0 Å². The van der Waals surface area contributed by atoms with Crippen molar-refractivity contribution >= 4 is 49.2 Å². The van der Waals surface area contributed by atoms with Gasteiger partial charge in [-0.3, -0.25) is 18.8 Å². The highest BCUT2D eigenvalue weighted by Crippen LogP contribution is 2.35. The number of fused-ring (bicyclic) bond motifs is 2. The van der Waals surface area contributed by atoms with Crippen LogP contribution in [0, 0.1) is 23.3 Å². The Kier molecular flexibility index (Phi) is 6.80. The molecule has 3 aromatic carbocycles. The summed E-state index contributed by atoms with van der Waals surface area (Å²) in [6.45, 7) is 0. The summed E-state index contributed by atoms with van der Waals surface area (Å²) in [5.41, 5.74) is 5.01. The summed E-state index contributed by atoms with van der Waals surface area (Å²) in [4.78, 5) is 18.0. The average Bonchev–Trinajstić information content (AvgIpc) is 3.16. The molecule has 0 amide bonds. The van der Waals surface area contributed by atoms with Gasteiger partial charge in [0.2, 0.25) is 10.0 Å². The third kappa shape index (κ3) is 4.89. The van der Waals surface area contributed by atoms with Gasteiger partial charge >= 0.3 is 0 Å². The average molecular weight is 595 g/mol. The lowest BCUT2D eigenvalue weighted by Crippen LogP contribution is -2.30. The van der Waals surface area contributed by atoms with Gasteiger partial charge in [0, 0.05) is 13.1 Å². The highest BCUT2D eigenvalue weighted by atomic mass is 35.5. The second kappa shape index (κ2) is 9.87. The molecule has 0 spiro atoms. The number of aromatic nitrogens is 4. The van der Waals surface area contributed by atoms with Crippen LogP contribution in [0.5, 0.6) is 0 Å². The minimum atomic E-state index is -3.80. The van der Waals surface area contributed by atoms with Crippen LogP contribution in [0.4, 0.5) is 23.4 Å². The molecule has 0 aliphatic heterocycles. The van der Waals surface area contributed by atoms with E-state index in [4.69, 9.17) is 17.3 Å². The number of anilines is 1. The number of halogens is 5. The molecule has 2 aromatic heterocycles. The molecule has 0 aliphatic carbocycles. The topological polar surface area (TPSA) is 125 Å². The maximum absolute atomic E-state index is 14.9. The van der Waals surface area contributed by atoms with Crippen molar-refractivity contribution < 1.29 is 26.0 Å². The summed E-state index contributed by atoms with van der Waals surface area (Å²) in [5.74, 6) is -4.18. The molecule has 9 nitrogen and oxygen atoms in total. The second-order valence-corrected chi connectivity index (χ2v) is 11.2. The number of hydrogen-bond acceptors (Lipinski definition) is 6. The molecule has 2 heterocycles. The maximum atomic E-state index is 14.9. The third-order valence-corrected chi connectivity index (χ3v) is 6.98. The number of hydrogen-bond donors (Lipinski definition) is 2. The van der Waals surface area contributed by atoms with Crippen LogP contribution in [0.15, 0.2) is 47.3 Å². The van der Waals surface area contributed by atoms with Crippen LogP contribution < -0.4 is 16.0 Å². The van der Waals surface area contributed by atoms with E-state index in [0.29, 0.717) is 6.07 Å². The number of rotatable bonds is 6. The number of nitrogens with one attached hydrogen (secondary N) is 1. The van der Waals surface area contributed by atoms with Crippen molar-refractivity contribution in [2.45, 2.75) is 12.5 Å². The zero-order valence-corrected chi connectivity index (χ0v) is 22.3. The summed E-state index contributed by atoms with van der Waals surface area (Å²) in [5, 5.41) is 3.66. The lowest BCUT2D eigenvalue weighted by atomic mass is 10.0. The first kappa shape index (κ1) is 27.6. The summed E-state index contributed by atoms with van der Waals surface area (Å²) >= 11 is 6.39. The molecule has 1 unspecified atom stereocenters. The molecular weight excluding hydrogens is 576 g/mol. The molecule has 208 valence electrons.